The molecule has 0 radical (unpaired) electrons. The van der Waals surface area contributed by atoms with E-state index in [1.165, 1.54) is 47.3 Å². The van der Waals surface area contributed by atoms with Crippen LogP contribution in [0, 0.1) is 0 Å². The van der Waals surface area contributed by atoms with Crippen molar-refractivity contribution in [1.29, 1.82) is 0 Å². The average Bonchev–Trinajstić information content (AvgIpc) is 3.14. The Morgan fingerprint density at radius 2 is 1.87 bits per heavy atom. The molecule has 152 valence electrons. The van der Waals surface area contributed by atoms with Gasteiger partial charge >= 0.3 is 6.18 Å². The van der Waals surface area contributed by atoms with Crippen molar-refractivity contribution in [2.45, 2.75) is 6.18 Å². The molecule has 0 unspecified atom stereocenters. The van der Waals surface area contributed by atoms with E-state index < -0.39 is 23.1 Å². The number of rotatable bonds is 3. The van der Waals surface area contributed by atoms with Gasteiger partial charge in [0, 0.05) is 24.9 Å². The Morgan fingerprint density at radius 3 is 2.57 bits per heavy atom. The summed E-state index contributed by atoms with van der Waals surface area (Å²) in [7, 11) is 1.59. The van der Waals surface area contributed by atoms with Gasteiger partial charge in [-0.05, 0) is 24.3 Å². The molecule has 4 aromatic rings. The summed E-state index contributed by atoms with van der Waals surface area (Å²) in [6.07, 6.45) is -3.18. The summed E-state index contributed by atoms with van der Waals surface area (Å²) in [4.78, 5) is 25.1. The second-order valence-electron chi connectivity index (χ2n) is 6.49. The van der Waals surface area contributed by atoms with E-state index in [4.69, 9.17) is 4.42 Å². The Bertz CT molecular complexity index is 1320. The lowest BCUT2D eigenvalue weighted by Crippen LogP contribution is -2.16. The second-order valence-corrected chi connectivity index (χ2v) is 6.49. The summed E-state index contributed by atoms with van der Waals surface area (Å²) in [5.74, 6) is -0.756. The minimum absolute atomic E-state index is 0.0208. The summed E-state index contributed by atoms with van der Waals surface area (Å²) in [5, 5.41) is 6.67. The van der Waals surface area contributed by atoms with E-state index in [2.05, 4.69) is 10.4 Å². The Hall–Kier alpha value is -3.88. The van der Waals surface area contributed by atoms with Crippen LogP contribution in [0.1, 0.15) is 16.1 Å². The topological polar surface area (TPSA) is 77.1 Å². The van der Waals surface area contributed by atoms with Crippen LogP contribution in [-0.4, -0.2) is 15.7 Å². The number of halogens is 3. The highest BCUT2D eigenvalue weighted by molar-refractivity contribution is 6.07. The highest BCUT2D eigenvalue weighted by Crippen LogP contribution is 2.37. The maximum Gasteiger partial charge on any atom is 0.417 e. The fraction of sp³-hybridized carbons (Fsp3) is 0.0952. The number of para-hydroxylation sites is 1. The van der Waals surface area contributed by atoms with Crippen molar-refractivity contribution in [3.8, 4) is 11.3 Å². The van der Waals surface area contributed by atoms with Gasteiger partial charge in [0.2, 0.25) is 0 Å². The van der Waals surface area contributed by atoms with E-state index in [-0.39, 0.29) is 33.7 Å². The van der Waals surface area contributed by atoms with Gasteiger partial charge in [0.15, 0.2) is 11.0 Å². The molecule has 2 heterocycles. The van der Waals surface area contributed by atoms with Crippen molar-refractivity contribution >= 4 is 22.6 Å². The standard InChI is InChI=1S/C21H14F3N3O3/c1-27-16(9-10-25-27)20(29)26-15-8-4-6-13-17(28)11-18(30-19(13)15)12-5-2-3-7-14(12)21(22,23)24/h2-11H,1H3,(H,26,29). The summed E-state index contributed by atoms with van der Waals surface area (Å²) < 4.78 is 47.3. The first-order valence-electron chi connectivity index (χ1n) is 8.78. The van der Waals surface area contributed by atoms with E-state index in [0.717, 1.165) is 12.1 Å². The normalized spacial score (nSPS) is 11.6. The number of aromatic nitrogens is 2. The molecule has 2 aromatic carbocycles. The molecule has 9 heteroatoms. The maximum atomic E-state index is 13.4. The zero-order valence-corrected chi connectivity index (χ0v) is 15.5. The number of carbonyl (C=O) groups excluding carboxylic acids is 1. The number of nitrogens with one attached hydrogen (secondary N) is 1. The maximum absolute atomic E-state index is 13.4. The number of anilines is 1. The van der Waals surface area contributed by atoms with Gasteiger partial charge in [0.25, 0.3) is 5.91 Å². The van der Waals surface area contributed by atoms with Crippen LogP contribution in [0.25, 0.3) is 22.3 Å². The van der Waals surface area contributed by atoms with Crippen LogP contribution in [0.3, 0.4) is 0 Å². The quantitative estimate of drug-likeness (QED) is 0.538. The Morgan fingerprint density at radius 1 is 1.10 bits per heavy atom. The van der Waals surface area contributed by atoms with E-state index in [1.54, 1.807) is 13.1 Å². The molecule has 0 aliphatic carbocycles. The number of hydrogen-bond donors (Lipinski definition) is 1. The fourth-order valence-electron chi connectivity index (χ4n) is 3.14. The predicted molar refractivity (Wildman–Crippen MR) is 104 cm³/mol. The number of alkyl halides is 3. The molecular weight excluding hydrogens is 399 g/mol. The van der Waals surface area contributed by atoms with Crippen LogP contribution >= 0.6 is 0 Å². The van der Waals surface area contributed by atoms with Crippen LogP contribution in [0.2, 0.25) is 0 Å². The average molecular weight is 413 g/mol. The number of nitrogens with zero attached hydrogens (tertiary/aromatic N) is 2. The van der Waals surface area contributed by atoms with E-state index >= 15 is 0 Å². The largest absolute Gasteiger partial charge is 0.454 e. The molecule has 1 amide bonds. The molecule has 1 N–H and O–H groups in total. The SMILES string of the molecule is Cn1nccc1C(=O)Nc1cccc2c(=O)cc(-c3ccccc3C(F)(F)F)oc12. The van der Waals surface area contributed by atoms with Gasteiger partial charge in [-0.3, -0.25) is 14.3 Å². The fourth-order valence-corrected chi connectivity index (χ4v) is 3.14. The van der Waals surface area contributed by atoms with Gasteiger partial charge in [-0.2, -0.15) is 18.3 Å². The first-order valence-corrected chi connectivity index (χ1v) is 8.78. The predicted octanol–water partition coefficient (Wildman–Crippen LogP) is 4.46. The monoisotopic (exact) mass is 413 g/mol. The van der Waals surface area contributed by atoms with Crippen molar-refractivity contribution in [3.63, 3.8) is 0 Å². The van der Waals surface area contributed by atoms with Gasteiger partial charge in [0.05, 0.1) is 16.6 Å². The van der Waals surface area contributed by atoms with Gasteiger partial charge < -0.3 is 9.73 Å². The van der Waals surface area contributed by atoms with Gasteiger partial charge in [-0.25, -0.2) is 0 Å². The van der Waals surface area contributed by atoms with Crippen LogP contribution in [0.15, 0.2) is 70.0 Å². The Kier molecular flexibility index (Phi) is 4.65. The molecular formula is C21H14F3N3O3. The molecule has 30 heavy (non-hydrogen) atoms. The first-order chi connectivity index (χ1) is 14.3. The molecule has 0 fully saturated rings. The van der Waals surface area contributed by atoms with Gasteiger partial charge in [-0.1, -0.05) is 24.3 Å². The van der Waals surface area contributed by atoms with Crippen LogP contribution < -0.4 is 10.7 Å². The third-order valence-corrected chi connectivity index (χ3v) is 4.55. The van der Waals surface area contributed by atoms with E-state index in [9.17, 15) is 22.8 Å². The number of aryl methyl sites for hydroxylation is 1. The number of benzene rings is 2. The number of amides is 1. The summed E-state index contributed by atoms with van der Waals surface area (Å²) in [5.41, 5.74) is -1.33. The minimum Gasteiger partial charge on any atom is -0.454 e. The van der Waals surface area contributed by atoms with Crippen LogP contribution in [0.4, 0.5) is 18.9 Å². The molecule has 2 aromatic heterocycles. The summed E-state index contributed by atoms with van der Waals surface area (Å²) >= 11 is 0. The molecule has 0 aliphatic heterocycles. The summed E-state index contributed by atoms with van der Waals surface area (Å²) in [6.45, 7) is 0. The lowest BCUT2D eigenvalue weighted by molar-refractivity contribution is -0.137. The van der Waals surface area contributed by atoms with Crippen LogP contribution in [0.5, 0.6) is 0 Å². The highest BCUT2D eigenvalue weighted by Gasteiger charge is 2.34. The molecule has 0 spiro atoms. The molecule has 0 bridgehead atoms. The van der Waals surface area contributed by atoms with E-state index in [1.807, 2.05) is 0 Å². The van der Waals surface area contributed by atoms with Crippen LogP contribution in [-0.2, 0) is 13.2 Å². The van der Waals surface area contributed by atoms with Crippen molar-refractivity contribution in [2.75, 3.05) is 5.32 Å². The van der Waals surface area contributed by atoms with Crippen molar-refractivity contribution in [3.05, 3.63) is 82.3 Å². The Balaban J connectivity index is 1.87. The van der Waals surface area contributed by atoms with Gasteiger partial charge in [-0.15, -0.1) is 0 Å². The molecule has 0 saturated carbocycles. The lowest BCUT2D eigenvalue weighted by atomic mass is 10.0. The second kappa shape index (κ2) is 7.18. The van der Waals surface area contributed by atoms with Gasteiger partial charge in [0.1, 0.15) is 11.5 Å². The molecule has 0 atom stereocenters. The van der Waals surface area contributed by atoms with E-state index in [0.29, 0.717) is 0 Å². The number of hydrogen-bond acceptors (Lipinski definition) is 4. The zero-order chi connectivity index (χ0) is 21.5. The third-order valence-electron chi connectivity index (χ3n) is 4.55. The van der Waals surface area contributed by atoms with Crippen molar-refractivity contribution in [2.24, 2.45) is 7.05 Å². The smallest absolute Gasteiger partial charge is 0.417 e. The van der Waals surface area contributed by atoms with Crippen molar-refractivity contribution < 1.29 is 22.4 Å². The molecule has 0 aliphatic rings. The number of carbonyl (C=O) groups is 1. The first kappa shape index (κ1) is 19.4. The third kappa shape index (κ3) is 3.45. The molecule has 4 rings (SSSR count). The summed E-state index contributed by atoms with van der Waals surface area (Å²) in [6, 6.07) is 11.8. The molecule has 6 nitrogen and oxygen atoms in total. The minimum atomic E-state index is -4.63. The van der Waals surface area contributed by atoms with Crippen molar-refractivity contribution in [1.82, 2.24) is 9.78 Å². The molecule has 0 saturated heterocycles. The zero-order valence-electron chi connectivity index (χ0n) is 15.5. The Labute approximate surface area is 167 Å². The lowest BCUT2D eigenvalue weighted by Gasteiger charge is -2.13. The highest BCUT2D eigenvalue weighted by atomic mass is 19.4. The number of fused-ring (bicyclic) bond motifs is 1.